The van der Waals surface area contributed by atoms with E-state index in [-0.39, 0.29) is 11.6 Å². The fourth-order valence-corrected chi connectivity index (χ4v) is 3.17. The molecule has 1 aromatic heterocycles. The van der Waals surface area contributed by atoms with Crippen LogP contribution in [0.3, 0.4) is 0 Å². The summed E-state index contributed by atoms with van der Waals surface area (Å²) in [6.07, 6.45) is 0. The molecular weight excluding hydrogens is 366 g/mol. The Morgan fingerprint density at radius 2 is 1.83 bits per heavy atom. The van der Waals surface area contributed by atoms with Crippen molar-refractivity contribution in [3.8, 4) is 17.0 Å². The second kappa shape index (κ2) is 9.21. The number of methoxy groups -OCH3 is 1. The van der Waals surface area contributed by atoms with E-state index in [0.29, 0.717) is 12.2 Å². The van der Waals surface area contributed by atoms with E-state index in [4.69, 9.17) is 4.74 Å². The zero-order chi connectivity index (χ0) is 20.8. The van der Waals surface area contributed by atoms with Crippen LogP contribution in [-0.2, 0) is 0 Å². The molecule has 0 bridgehead atoms. The number of H-pyrrole nitrogens is 1. The Hall–Kier alpha value is -3.38. The second-order valence-corrected chi connectivity index (χ2v) is 6.95. The molecule has 3 rings (SSSR count). The molecule has 0 aliphatic rings. The van der Waals surface area contributed by atoms with E-state index >= 15 is 0 Å². The summed E-state index contributed by atoms with van der Waals surface area (Å²) in [4.78, 5) is 29.9. The first-order valence-electron chi connectivity index (χ1n) is 9.37. The van der Waals surface area contributed by atoms with Crippen molar-refractivity contribution in [1.82, 2.24) is 15.2 Å². The van der Waals surface area contributed by atoms with Crippen molar-refractivity contribution in [2.45, 2.75) is 6.04 Å². The summed E-state index contributed by atoms with van der Waals surface area (Å²) < 4.78 is 5.29. The monoisotopic (exact) mass is 391 g/mol. The van der Waals surface area contributed by atoms with Crippen molar-refractivity contribution in [2.75, 3.05) is 27.7 Å². The van der Waals surface area contributed by atoms with Gasteiger partial charge in [0.05, 0.1) is 13.2 Å². The van der Waals surface area contributed by atoms with Crippen molar-refractivity contribution in [2.24, 2.45) is 0 Å². The Labute approximate surface area is 170 Å². The minimum atomic E-state index is -0.411. The van der Waals surface area contributed by atoms with Crippen molar-refractivity contribution in [1.29, 1.82) is 0 Å². The highest BCUT2D eigenvalue weighted by Crippen LogP contribution is 2.22. The lowest BCUT2D eigenvalue weighted by molar-refractivity contribution is 0.0940. The number of carbonyl (C=O) groups is 1. The van der Waals surface area contributed by atoms with Gasteiger partial charge in [-0.05, 0) is 49.5 Å². The molecule has 2 aromatic carbocycles. The lowest BCUT2D eigenvalue weighted by Gasteiger charge is -2.25. The highest BCUT2D eigenvalue weighted by molar-refractivity contribution is 5.94. The van der Waals surface area contributed by atoms with Gasteiger partial charge < -0.3 is 19.9 Å². The van der Waals surface area contributed by atoms with Gasteiger partial charge in [0.25, 0.3) is 11.5 Å². The van der Waals surface area contributed by atoms with Gasteiger partial charge in [-0.15, -0.1) is 0 Å². The third kappa shape index (κ3) is 4.92. The molecule has 29 heavy (non-hydrogen) atoms. The van der Waals surface area contributed by atoms with Gasteiger partial charge >= 0.3 is 0 Å². The van der Waals surface area contributed by atoms with Crippen LogP contribution in [0.5, 0.6) is 5.75 Å². The molecule has 0 radical (unpaired) electrons. The van der Waals surface area contributed by atoms with Crippen LogP contribution in [0.2, 0.25) is 0 Å². The molecule has 6 heteroatoms. The molecule has 0 aliphatic carbocycles. The maximum absolute atomic E-state index is 12.6. The molecule has 0 fully saturated rings. The number of amides is 1. The van der Waals surface area contributed by atoms with E-state index in [1.54, 1.807) is 19.2 Å². The number of nitrogens with one attached hydrogen (secondary N) is 2. The third-order valence-electron chi connectivity index (χ3n) is 4.80. The van der Waals surface area contributed by atoms with Gasteiger partial charge in [0.2, 0.25) is 0 Å². The van der Waals surface area contributed by atoms with E-state index in [1.165, 1.54) is 0 Å². The predicted molar refractivity (Wildman–Crippen MR) is 114 cm³/mol. The smallest absolute Gasteiger partial charge is 0.261 e. The standard InChI is InChI=1S/C23H25N3O3/c1-26(2)21(17-10-7-11-18(14-17)29-3)15-24-22(27)19-12-13-20(25-23(19)28)16-8-5-4-6-9-16/h4-14,21H,15H2,1-3H3,(H,24,27)(H,25,28). The van der Waals surface area contributed by atoms with Crippen LogP contribution < -0.4 is 15.6 Å². The number of benzene rings is 2. The molecule has 1 heterocycles. The molecule has 1 atom stereocenters. The molecular formula is C23H25N3O3. The van der Waals surface area contributed by atoms with Crippen LogP contribution in [0.4, 0.5) is 0 Å². The van der Waals surface area contributed by atoms with Crippen LogP contribution in [0, 0.1) is 0 Å². The number of aromatic amines is 1. The van der Waals surface area contributed by atoms with Crippen molar-refractivity contribution >= 4 is 5.91 Å². The summed E-state index contributed by atoms with van der Waals surface area (Å²) in [6, 6.07) is 20.5. The Balaban J connectivity index is 1.74. The molecule has 0 spiro atoms. The van der Waals surface area contributed by atoms with E-state index in [0.717, 1.165) is 16.9 Å². The average Bonchev–Trinajstić information content (AvgIpc) is 2.74. The largest absolute Gasteiger partial charge is 0.497 e. The zero-order valence-electron chi connectivity index (χ0n) is 16.8. The lowest BCUT2D eigenvalue weighted by Crippen LogP contribution is -2.36. The Bertz CT molecular complexity index is 1030. The second-order valence-electron chi connectivity index (χ2n) is 6.95. The number of carbonyl (C=O) groups excluding carboxylic acids is 1. The van der Waals surface area contributed by atoms with Gasteiger partial charge in [-0.1, -0.05) is 42.5 Å². The molecule has 0 aliphatic heterocycles. The molecule has 1 unspecified atom stereocenters. The summed E-state index contributed by atoms with van der Waals surface area (Å²) >= 11 is 0. The van der Waals surface area contributed by atoms with Gasteiger partial charge in [0, 0.05) is 12.2 Å². The summed E-state index contributed by atoms with van der Waals surface area (Å²) in [7, 11) is 5.51. The number of ether oxygens (including phenoxy) is 1. The van der Waals surface area contributed by atoms with Crippen LogP contribution >= 0.6 is 0 Å². The Morgan fingerprint density at radius 1 is 1.07 bits per heavy atom. The highest BCUT2D eigenvalue weighted by atomic mass is 16.5. The topological polar surface area (TPSA) is 74.4 Å². The summed E-state index contributed by atoms with van der Waals surface area (Å²) in [5.74, 6) is 0.356. The molecule has 6 nitrogen and oxygen atoms in total. The number of pyridine rings is 1. The fourth-order valence-electron chi connectivity index (χ4n) is 3.17. The Kier molecular flexibility index (Phi) is 6.46. The van der Waals surface area contributed by atoms with E-state index in [9.17, 15) is 9.59 Å². The Morgan fingerprint density at radius 3 is 2.48 bits per heavy atom. The minimum absolute atomic E-state index is 0.0586. The van der Waals surface area contributed by atoms with Gasteiger partial charge in [-0.25, -0.2) is 0 Å². The minimum Gasteiger partial charge on any atom is -0.497 e. The van der Waals surface area contributed by atoms with Gasteiger partial charge in [0.15, 0.2) is 0 Å². The molecule has 0 saturated carbocycles. The maximum atomic E-state index is 12.6. The van der Waals surface area contributed by atoms with Gasteiger partial charge in [-0.2, -0.15) is 0 Å². The van der Waals surface area contributed by atoms with Crippen molar-refractivity contribution in [3.63, 3.8) is 0 Å². The molecule has 1 amide bonds. The fraction of sp³-hybridized carbons (Fsp3) is 0.217. The van der Waals surface area contributed by atoms with Crippen LogP contribution in [0.25, 0.3) is 11.3 Å². The summed E-state index contributed by atoms with van der Waals surface area (Å²) in [5.41, 5.74) is 2.26. The molecule has 0 saturated heterocycles. The quantitative estimate of drug-likeness (QED) is 0.649. The molecule has 3 aromatic rings. The maximum Gasteiger partial charge on any atom is 0.261 e. The van der Waals surface area contributed by atoms with Crippen LogP contribution in [-0.4, -0.2) is 43.5 Å². The van der Waals surface area contributed by atoms with Gasteiger partial charge in [-0.3, -0.25) is 9.59 Å². The number of nitrogens with zero attached hydrogens (tertiary/aromatic N) is 1. The first kappa shape index (κ1) is 20.4. The van der Waals surface area contributed by atoms with Crippen molar-refractivity contribution < 1.29 is 9.53 Å². The number of likely N-dealkylation sites (N-methyl/N-ethyl adjacent to an activating group) is 1. The van der Waals surface area contributed by atoms with Crippen LogP contribution in [0.15, 0.2) is 71.5 Å². The number of aromatic nitrogens is 1. The highest BCUT2D eigenvalue weighted by Gasteiger charge is 2.18. The number of hydrogen-bond donors (Lipinski definition) is 2. The first-order valence-corrected chi connectivity index (χ1v) is 9.37. The SMILES string of the molecule is COc1cccc(C(CNC(=O)c2ccc(-c3ccccc3)[nH]c2=O)N(C)C)c1. The normalized spacial score (nSPS) is 11.9. The van der Waals surface area contributed by atoms with E-state index < -0.39 is 11.5 Å². The number of rotatable bonds is 7. The van der Waals surface area contributed by atoms with Crippen LogP contribution in [0.1, 0.15) is 22.0 Å². The lowest BCUT2D eigenvalue weighted by atomic mass is 10.1. The molecule has 2 N–H and O–H groups in total. The van der Waals surface area contributed by atoms with E-state index in [2.05, 4.69) is 10.3 Å². The summed E-state index contributed by atoms with van der Waals surface area (Å²) in [5, 5.41) is 2.87. The predicted octanol–water partition coefficient (Wildman–Crippen LogP) is 3.08. The third-order valence-corrected chi connectivity index (χ3v) is 4.80. The number of hydrogen-bond acceptors (Lipinski definition) is 4. The zero-order valence-corrected chi connectivity index (χ0v) is 16.8. The van der Waals surface area contributed by atoms with Crippen molar-refractivity contribution in [3.05, 3.63) is 88.2 Å². The first-order chi connectivity index (χ1) is 14.0. The molecule has 150 valence electrons. The summed E-state index contributed by atoms with van der Waals surface area (Å²) in [6.45, 7) is 0.360. The average molecular weight is 391 g/mol. The van der Waals surface area contributed by atoms with E-state index in [1.807, 2.05) is 73.6 Å². The van der Waals surface area contributed by atoms with Gasteiger partial charge in [0.1, 0.15) is 11.3 Å².